The maximum absolute atomic E-state index is 13.0. The number of aryl methyl sites for hydroxylation is 1. The zero-order valence-corrected chi connectivity index (χ0v) is 17.1. The van der Waals surface area contributed by atoms with Gasteiger partial charge in [-0.15, -0.1) is 0 Å². The van der Waals surface area contributed by atoms with Crippen LogP contribution in [0.1, 0.15) is 25.3 Å². The summed E-state index contributed by atoms with van der Waals surface area (Å²) in [7, 11) is 3.16. The third-order valence-corrected chi connectivity index (χ3v) is 5.90. The summed E-state index contributed by atoms with van der Waals surface area (Å²) in [6, 6.07) is 7.57. The number of nitrogens with zero attached hydrogens (tertiary/aromatic N) is 5. The predicted molar refractivity (Wildman–Crippen MR) is 111 cm³/mol. The highest BCUT2D eigenvalue weighted by atomic mass is 35.5. The van der Waals surface area contributed by atoms with Gasteiger partial charge in [-0.2, -0.15) is 4.98 Å². The van der Waals surface area contributed by atoms with Gasteiger partial charge in [0, 0.05) is 32.2 Å². The van der Waals surface area contributed by atoms with E-state index in [2.05, 4.69) is 11.8 Å². The van der Waals surface area contributed by atoms with Gasteiger partial charge in [0.05, 0.1) is 6.54 Å². The third kappa shape index (κ3) is 3.13. The molecule has 3 heterocycles. The van der Waals surface area contributed by atoms with Crippen molar-refractivity contribution in [3.8, 4) is 0 Å². The molecule has 4 rings (SSSR count). The minimum atomic E-state index is -0.368. The number of rotatable bonds is 3. The van der Waals surface area contributed by atoms with Crippen LogP contribution in [-0.2, 0) is 20.6 Å². The van der Waals surface area contributed by atoms with Crippen LogP contribution in [0.4, 0.5) is 5.95 Å². The molecule has 0 atom stereocenters. The van der Waals surface area contributed by atoms with Gasteiger partial charge in [0.1, 0.15) is 0 Å². The lowest BCUT2D eigenvalue weighted by atomic mass is 10.00. The lowest BCUT2D eigenvalue weighted by molar-refractivity contribution is 0.432. The summed E-state index contributed by atoms with van der Waals surface area (Å²) in [5.74, 6) is 1.43. The van der Waals surface area contributed by atoms with Crippen molar-refractivity contribution in [3.63, 3.8) is 0 Å². The van der Waals surface area contributed by atoms with Gasteiger partial charge >= 0.3 is 5.69 Å². The summed E-state index contributed by atoms with van der Waals surface area (Å²) in [5.41, 5.74) is 1.21. The van der Waals surface area contributed by atoms with Crippen molar-refractivity contribution in [2.45, 2.75) is 26.3 Å². The minimum Gasteiger partial charge on any atom is -0.342 e. The molecule has 0 amide bonds. The molecule has 1 saturated heterocycles. The van der Waals surface area contributed by atoms with Crippen LogP contribution in [0, 0.1) is 5.92 Å². The average Bonchev–Trinajstić information content (AvgIpc) is 3.06. The summed E-state index contributed by atoms with van der Waals surface area (Å²) in [4.78, 5) is 32.3. The maximum Gasteiger partial charge on any atom is 0.332 e. The molecule has 1 fully saturated rings. The zero-order chi connectivity index (χ0) is 20.0. The number of hydrogen-bond acceptors (Lipinski definition) is 4. The molecule has 0 saturated carbocycles. The standard InChI is InChI=1S/C20H24ClN5O2/c1-13-8-10-25(11-9-13)19-22-17-16(18(27)24(3)20(28)23(17)2)26(19)12-14-4-6-15(21)7-5-14/h4-7,13H,8-12H2,1-3H3. The Morgan fingerprint density at radius 2 is 1.71 bits per heavy atom. The van der Waals surface area contributed by atoms with Gasteiger partial charge in [-0.05, 0) is 36.5 Å². The topological polar surface area (TPSA) is 65.1 Å². The second-order valence-corrected chi connectivity index (χ2v) is 8.11. The Morgan fingerprint density at radius 1 is 1.07 bits per heavy atom. The van der Waals surface area contributed by atoms with E-state index in [0.717, 1.165) is 42.0 Å². The van der Waals surface area contributed by atoms with Crippen LogP contribution in [0.25, 0.3) is 11.2 Å². The van der Waals surface area contributed by atoms with Crippen molar-refractivity contribution >= 4 is 28.7 Å². The summed E-state index contributed by atoms with van der Waals surface area (Å²) in [5, 5.41) is 0.669. The Bertz CT molecular complexity index is 1130. The van der Waals surface area contributed by atoms with Crippen LogP contribution < -0.4 is 16.1 Å². The second-order valence-electron chi connectivity index (χ2n) is 7.67. The molecule has 28 heavy (non-hydrogen) atoms. The quantitative estimate of drug-likeness (QED) is 0.675. The van der Waals surface area contributed by atoms with Gasteiger partial charge in [0.15, 0.2) is 11.2 Å². The van der Waals surface area contributed by atoms with E-state index < -0.39 is 0 Å². The predicted octanol–water partition coefficient (Wildman–Crippen LogP) is 2.37. The average molecular weight is 402 g/mol. The highest BCUT2D eigenvalue weighted by Crippen LogP contribution is 2.26. The zero-order valence-electron chi connectivity index (χ0n) is 16.4. The molecule has 148 valence electrons. The first-order chi connectivity index (χ1) is 13.4. The fourth-order valence-electron chi connectivity index (χ4n) is 3.81. The number of aromatic nitrogens is 4. The molecule has 0 spiro atoms. The van der Waals surface area contributed by atoms with Gasteiger partial charge in [0.25, 0.3) is 5.56 Å². The molecule has 3 aromatic rings. The normalized spacial score (nSPS) is 15.5. The van der Waals surface area contributed by atoms with Gasteiger partial charge in [-0.1, -0.05) is 30.7 Å². The number of piperidine rings is 1. The number of benzene rings is 1. The van der Waals surface area contributed by atoms with Crippen molar-refractivity contribution in [3.05, 3.63) is 55.7 Å². The highest BCUT2D eigenvalue weighted by molar-refractivity contribution is 6.30. The van der Waals surface area contributed by atoms with E-state index >= 15 is 0 Å². The molecule has 7 nitrogen and oxygen atoms in total. The number of hydrogen-bond donors (Lipinski definition) is 0. The first kappa shape index (κ1) is 18.8. The first-order valence-electron chi connectivity index (χ1n) is 9.52. The van der Waals surface area contributed by atoms with Crippen LogP contribution >= 0.6 is 11.6 Å². The van der Waals surface area contributed by atoms with Crippen molar-refractivity contribution in [1.29, 1.82) is 0 Å². The highest BCUT2D eigenvalue weighted by Gasteiger charge is 2.25. The molecule has 1 aliphatic rings. The van der Waals surface area contributed by atoms with Gasteiger partial charge in [0.2, 0.25) is 5.95 Å². The lowest BCUT2D eigenvalue weighted by Crippen LogP contribution is -2.38. The Morgan fingerprint density at radius 3 is 2.36 bits per heavy atom. The van der Waals surface area contributed by atoms with E-state index in [1.54, 1.807) is 7.05 Å². The molecule has 0 unspecified atom stereocenters. The van der Waals surface area contributed by atoms with Crippen LogP contribution in [0.5, 0.6) is 0 Å². The molecule has 1 aromatic carbocycles. The van der Waals surface area contributed by atoms with Crippen molar-refractivity contribution in [2.75, 3.05) is 18.0 Å². The third-order valence-electron chi connectivity index (χ3n) is 5.65. The van der Waals surface area contributed by atoms with Crippen LogP contribution in [0.15, 0.2) is 33.9 Å². The lowest BCUT2D eigenvalue weighted by Gasteiger charge is -2.31. The van der Waals surface area contributed by atoms with Crippen molar-refractivity contribution in [2.24, 2.45) is 20.0 Å². The number of halogens is 1. The van der Waals surface area contributed by atoms with Gasteiger partial charge in [-0.25, -0.2) is 4.79 Å². The molecule has 0 bridgehead atoms. The Kier molecular flexibility index (Phi) is 4.79. The van der Waals surface area contributed by atoms with E-state index in [1.807, 2.05) is 28.8 Å². The minimum absolute atomic E-state index is 0.323. The monoisotopic (exact) mass is 401 g/mol. The molecule has 8 heteroatoms. The molecule has 0 N–H and O–H groups in total. The van der Waals surface area contributed by atoms with Crippen molar-refractivity contribution < 1.29 is 0 Å². The van der Waals surface area contributed by atoms with E-state index in [9.17, 15) is 9.59 Å². The molecule has 2 aromatic heterocycles. The van der Waals surface area contributed by atoms with E-state index in [1.165, 1.54) is 11.6 Å². The first-order valence-corrected chi connectivity index (χ1v) is 9.90. The van der Waals surface area contributed by atoms with Crippen LogP contribution in [0.3, 0.4) is 0 Å². The summed E-state index contributed by atoms with van der Waals surface area (Å²) in [6.45, 7) is 4.52. The van der Waals surface area contributed by atoms with E-state index in [-0.39, 0.29) is 11.2 Å². The number of anilines is 1. The van der Waals surface area contributed by atoms with E-state index in [4.69, 9.17) is 16.6 Å². The van der Waals surface area contributed by atoms with Crippen LogP contribution in [-0.4, -0.2) is 31.8 Å². The molecular weight excluding hydrogens is 378 g/mol. The number of fused-ring (bicyclic) bond motifs is 1. The number of imidazole rings is 1. The fourth-order valence-corrected chi connectivity index (χ4v) is 3.93. The van der Waals surface area contributed by atoms with E-state index in [0.29, 0.717) is 28.6 Å². The summed E-state index contributed by atoms with van der Waals surface area (Å²) in [6.07, 6.45) is 2.17. The Labute approximate surface area is 167 Å². The second kappa shape index (κ2) is 7.13. The molecule has 1 aliphatic heterocycles. The van der Waals surface area contributed by atoms with Crippen molar-refractivity contribution in [1.82, 2.24) is 18.7 Å². The SMILES string of the molecule is CC1CCN(c2nc3c(c(=O)n(C)c(=O)n3C)n2Cc2ccc(Cl)cc2)CC1. The largest absolute Gasteiger partial charge is 0.342 e. The van der Waals surface area contributed by atoms with Crippen LogP contribution in [0.2, 0.25) is 5.02 Å². The molecule has 0 radical (unpaired) electrons. The fraction of sp³-hybridized carbons (Fsp3) is 0.450. The summed E-state index contributed by atoms with van der Waals surface area (Å²) < 4.78 is 4.53. The molecular formula is C20H24ClN5O2. The smallest absolute Gasteiger partial charge is 0.332 e. The van der Waals surface area contributed by atoms with Gasteiger partial charge in [-0.3, -0.25) is 18.5 Å². The Balaban J connectivity index is 1.92. The molecule has 0 aliphatic carbocycles. The maximum atomic E-state index is 13.0. The van der Waals surface area contributed by atoms with Gasteiger partial charge < -0.3 is 4.90 Å². The Hall–Kier alpha value is -2.54. The summed E-state index contributed by atoms with van der Waals surface area (Å²) >= 11 is 6.02.